The number of allylic oxidation sites excluding steroid dienone is 1. The smallest absolute Gasteiger partial charge is 0.251 e. The molecule has 3 aliphatic heterocycles. The molecule has 0 bridgehead atoms. The fourth-order valence-corrected chi connectivity index (χ4v) is 4.97. The van der Waals surface area contributed by atoms with Gasteiger partial charge < -0.3 is 20.7 Å². The molecule has 1 aromatic carbocycles. The van der Waals surface area contributed by atoms with E-state index < -0.39 is 18.0 Å². The van der Waals surface area contributed by atoms with E-state index in [2.05, 4.69) is 20.8 Å². The predicted molar refractivity (Wildman–Crippen MR) is 137 cm³/mol. The van der Waals surface area contributed by atoms with Crippen LogP contribution in [0, 0.1) is 5.82 Å². The number of rotatable bonds is 6. The van der Waals surface area contributed by atoms with Crippen LogP contribution < -0.4 is 21.3 Å². The number of fused-ring (bicyclic) bond motifs is 1. The lowest BCUT2D eigenvalue weighted by Crippen LogP contribution is -2.45. The first-order chi connectivity index (χ1) is 18.3. The average molecular weight is 526 g/mol. The summed E-state index contributed by atoms with van der Waals surface area (Å²) in [5, 5.41) is 3.01. The summed E-state index contributed by atoms with van der Waals surface area (Å²) in [6, 6.07) is 8.93. The Morgan fingerprint density at radius 2 is 2.11 bits per heavy atom. The van der Waals surface area contributed by atoms with Gasteiger partial charge in [-0.3, -0.25) is 14.6 Å². The molecule has 12 heteroatoms. The SMILES string of the molecule is COc1cccc(-c2cc(F)ccc2[C@H]2CC3N=C(N)NC(C)=C3C(NOCC(=O)N3CC[C@@H](F)C3)=N2)n1. The highest BCUT2D eigenvalue weighted by Gasteiger charge is 2.35. The van der Waals surface area contributed by atoms with Crippen molar-refractivity contribution < 1.29 is 23.1 Å². The Kier molecular flexibility index (Phi) is 7.23. The second-order valence-corrected chi connectivity index (χ2v) is 9.34. The van der Waals surface area contributed by atoms with Crippen molar-refractivity contribution >= 4 is 17.7 Å². The number of hydrogen-bond donors (Lipinski definition) is 3. The summed E-state index contributed by atoms with van der Waals surface area (Å²) in [5.74, 6) is 0.321. The second kappa shape index (κ2) is 10.7. The van der Waals surface area contributed by atoms with Crippen molar-refractivity contribution in [2.75, 3.05) is 26.8 Å². The largest absolute Gasteiger partial charge is 0.481 e. The van der Waals surface area contributed by atoms with E-state index >= 15 is 0 Å². The van der Waals surface area contributed by atoms with E-state index in [-0.39, 0.29) is 31.1 Å². The van der Waals surface area contributed by atoms with Gasteiger partial charge in [-0.15, -0.1) is 0 Å². The van der Waals surface area contributed by atoms with Crippen LogP contribution in [-0.2, 0) is 9.63 Å². The number of aromatic nitrogens is 1. The van der Waals surface area contributed by atoms with Crippen LogP contribution in [0.1, 0.15) is 31.4 Å². The molecule has 200 valence electrons. The Hall–Kier alpha value is -4.06. The van der Waals surface area contributed by atoms with Crippen LogP contribution in [0.3, 0.4) is 0 Å². The highest BCUT2D eigenvalue weighted by atomic mass is 19.1. The van der Waals surface area contributed by atoms with Gasteiger partial charge in [0.05, 0.1) is 31.4 Å². The van der Waals surface area contributed by atoms with Gasteiger partial charge in [-0.05, 0) is 37.1 Å². The number of amides is 1. The van der Waals surface area contributed by atoms with E-state index in [9.17, 15) is 13.6 Å². The minimum Gasteiger partial charge on any atom is -0.481 e. The second-order valence-electron chi connectivity index (χ2n) is 9.34. The third-order valence-corrected chi connectivity index (χ3v) is 6.77. The predicted octanol–water partition coefficient (Wildman–Crippen LogP) is 2.39. The number of alkyl halides is 1. The number of amidine groups is 1. The molecule has 4 N–H and O–H groups in total. The van der Waals surface area contributed by atoms with Crippen molar-refractivity contribution in [2.45, 2.75) is 38.0 Å². The summed E-state index contributed by atoms with van der Waals surface area (Å²) in [6.07, 6.45) is -0.216. The first-order valence-corrected chi connectivity index (χ1v) is 12.3. The molecular weight excluding hydrogens is 496 g/mol. The number of pyridine rings is 1. The summed E-state index contributed by atoms with van der Waals surface area (Å²) < 4.78 is 33.1. The van der Waals surface area contributed by atoms with Crippen LogP contribution >= 0.6 is 0 Å². The number of ether oxygens (including phenoxy) is 1. The van der Waals surface area contributed by atoms with E-state index in [1.165, 1.54) is 24.1 Å². The zero-order valence-corrected chi connectivity index (χ0v) is 21.1. The Bertz CT molecular complexity index is 1330. The van der Waals surface area contributed by atoms with Gasteiger partial charge in [0.25, 0.3) is 5.91 Å². The van der Waals surface area contributed by atoms with Gasteiger partial charge in [-0.2, -0.15) is 0 Å². The number of benzene rings is 1. The lowest BCUT2D eigenvalue weighted by atomic mass is 9.87. The molecule has 10 nitrogen and oxygen atoms in total. The summed E-state index contributed by atoms with van der Waals surface area (Å²) in [7, 11) is 1.52. The van der Waals surface area contributed by atoms with Crippen molar-refractivity contribution in [2.24, 2.45) is 15.7 Å². The fourth-order valence-electron chi connectivity index (χ4n) is 4.97. The van der Waals surface area contributed by atoms with Gasteiger partial charge in [0.15, 0.2) is 18.4 Å². The molecule has 0 radical (unpaired) electrons. The van der Waals surface area contributed by atoms with Crippen molar-refractivity contribution in [3.8, 4) is 17.1 Å². The molecule has 38 heavy (non-hydrogen) atoms. The molecule has 1 saturated heterocycles. The van der Waals surface area contributed by atoms with E-state index in [0.29, 0.717) is 42.4 Å². The van der Waals surface area contributed by atoms with Gasteiger partial charge >= 0.3 is 0 Å². The standard InChI is InChI=1S/C26H29F2N7O3/c1-14-24-21(33-26(29)30-14)11-20(32-25(24)34-38-13-23(36)35-9-8-16(28)12-35)17-7-6-15(27)10-18(17)19-4-3-5-22(31-19)37-2/h3-7,10,16,20-21H,8-9,11-13H2,1-2H3,(H,32,34)(H3,29,30,33)/t16-,20-,21?/m1/s1. The van der Waals surface area contributed by atoms with Crippen LogP contribution in [-0.4, -0.2) is 66.6 Å². The zero-order valence-electron chi connectivity index (χ0n) is 21.1. The lowest BCUT2D eigenvalue weighted by Gasteiger charge is -2.33. The quantitative estimate of drug-likeness (QED) is 0.495. The number of halogens is 2. The number of likely N-dealkylation sites (tertiary alicyclic amines) is 1. The number of carbonyl (C=O) groups is 1. The minimum absolute atomic E-state index is 0.0705. The van der Waals surface area contributed by atoms with E-state index in [4.69, 9.17) is 20.3 Å². The van der Waals surface area contributed by atoms with Gasteiger partial charge in [0.2, 0.25) is 5.88 Å². The lowest BCUT2D eigenvalue weighted by molar-refractivity contribution is -0.136. The maximum atomic E-state index is 14.4. The summed E-state index contributed by atoms with van der Waals surface area (Å²) >= 11 is 0. The molecule has 0 spiro atoms. The average Bonchev–Trinajstić information content (AvgIpc) is 3.34. The number of methoxy groups -OCH3 is 1. The van der Waals surface area contributed by atoms with Crippen molar-refractivity contribution in [3.63, 3.8) is 0 Å². The summed E-state index contributed by atoms with van der Waals surface area (Å²) in [5.41, 5.74) is 12.2. The first kappa shape index (κ1) is 25.6. The Labute approximate surface area is 218 Å². The van der Waals surface area contributed by atoms with Crippen molar-refractivity contribution in [3.05, 3.63) is 59.0 Å². The van der Waals surface area contributed by atoms with Crippen LogP contribution in [0.15, 0.2) is 57.7 Å². The molecular formula is C26H29F2N7O3. The maximum absolute atomic E-state index is 14.4. The number of nitrogens with one attached hydrogen (secondary N) is 2. The third-order valence-electron chi connectivity index (χ3n) is 6.77. The molecule has 5 rings (SSSR count). The van der Waals surface area contributed by atoms with E-state index in [1.807, 2.05) is 6.92 Å². The van der Waals surface area contributed by atoms with Crippen LogP contribution in [0.25, 0.3) is 11.3 Å². The summed E-state index contributed by atoms with van der Waals surface area (Å²) in [6.45, 7) is 1.99. The maximum Gasteiger partial charge on any atom is 0.251 e. The van der Waals surface area contributed by atoms with Crippen LogP contribution in [0.2, 0.25) is 0 Å². The minimum atomic E-state index is -1.01. The number of guanidine groups is 1. The molecule has 1 amide bonds. The first-order valence-electron chi connectivity index (χ1n) is 12.3. The number of nitrogens with zero attached hydrogens (tertiary/aromatic N) is 4. The van der Waals surface area contributed by atoms with Crippen LogP contribution in [0.5, 0.6) is 5.88 Å². The highest BCUT2D eigenvalue weighted by molar-refractivity contribution is 6.02. The molecule has 1 unspecified atom stereocenters. The third kappa shape index (κ3) is 5.30. The Balaban J connectivity index is 1.46. The fraction of sp³-hybridized carbons (Fsp3) is 0.385. The highest BCUT2D eigenvalue weighted by Crippen LogP contribution is 2.39. The molecule has 2 aromatic rings. The topological polar surface area (TPSA) is 126 Å². The molecule has 4 heterocycles. The van der Waals surface area contributed by atoms with Crippen molar-refractivity contribution in [1.82, 2.24) is 20.7 Å². The molecule has 3 aliphatic rings. The molecule has 1 aromatic heterocycles. The van der Waals surface area contributed by atoms with Gasteiger partial charge in [-0.25, -0.2) is 24.2 Å². The monoisotopic (exact) mass is 525 g/mol. The van der Waals surface area contributed by atoms with Crippen molar-refractivity contribution in [1.29, 1.82) is 0 Å². The van der Waals surface area contributed by atoms with Gasteiger partial charge in [0, 0.05) is 35.9 Å². The van der Waals surface area contributed by atoms with Gasteiger partial charge in [-0.1, -0.05) is 12.1 Å². The van der Waals surface area contributed by atoms with E-state index in [0.717, 1.165) is 16.8 Å². The molecule has 0 aliphatic carbocycles. The Morgan fingerprint density at radius 3 is 2.87 bits per heavy atom. The van der Waals surface area contributed by atoms with Crippen LogP contribution in [0.4, 0.5) is 8.78 Å². The number of aliphatic imine (C=N–C) groups is 2. The van der Waals surface area contributed by atoms with Gasteiger partial charge in [0.1, 0.15) is 12.0 Å². The number of hydroxylamine groups is 1. The summed E-state index contributed by atoms with van der Waals surface area (Å²) in [4.78, 5) is 33.3. The molecule has 1 fully saturated rings. The molecule has 0 saturated carbocycles. The molecule has 3 atom stereocenters. The normalized spacial score (nSPS) is 22.8. The van der Waals surface area contributed by atoms with E-state index in [1.54, 1.807) is 24.3 Å². The number of hydrogen-bond acceptors (Lipinski definition) is 9. The Morgan fingerprint density at radius 1 is 1.26 bits per heavy atom. The number of carbonyl (C=O) groups excluding carboxylic acids is 1. The zero-order chi connectivity index (χ0) is 26.8. The number of nitrogens with two attached hydrogens (primary N) is 1.